The molecule has 3 heteroatoms. The van der Waals surface area contributed by atoms with Gasteiger partial charge in [0.05, 0.1) is 5.69 Å². The van der Waals surface area contributed by atoms with Gasteiger partial charge in [0.1, 0.15) is 6.33 Å². The van der Waals surface area contributed by atoms with E-state index in [2.05, 4.69) is 36.4 Å². The van der Waals surface area contributed by atoms with Crippen LogP contribution in [0.1, 0.15) is 43.2 Å². The Morgan fingerprint density at radius 1 is 1.33 bits per heavy atom. The van der Waals surface area contributed by atoms with E-state index in [0.717, 1.165) is 5.69 Å². The van der Waals surface area contributed by atoms with Crippen LogP contribution in [0, 0.1) is 0 Å². The Morgan fingerprint density at radius 3 is 2.42 bits per heavy atom. The Kier molecular flexibility index (Phi) is 3.09. The zero-order valence-electron chi connectivity index (χ0n) is 7.65. The SMILES string of the molecule is CC(C)c1cncnc1C(C)S. The number of thiol groups is 1. The van der Waals surface area contributed by atoms with E-state index in [-0.39, 0.29) is 5.25 Å². The summed E-state index contributed by atoms with van der Waals surface area (Å²) in [6.07, 6.45) is 3.45. The quantitative estimate of drug-likeness (QED) is 0.711. The highest BCUT2D eigenvalue weighted by Gasteiger charge is 2.10. The van der Waals surface area contributed by atoms with E-state index in [0.29, 0.717) is 5.92 Å². The molecule has 0 bridgehead atoms. The van der Waals surface area contributed by atoms with E-state index in [9.17, 15) is 0 Å². The summed E-state index contributed by atoms with van der Waals surface area (Å²) >= 11 is 4.36. The second-order valence-corrected chi connectivity index (χ2v) is 3.97. The van der Waals surface area contributed by atoms with Crippen molar-refractivity contribution >= 4 is 12.6 Å². The van der Waals surface area contributed by atoms with Gasteiger partial charge >= 0.3 is 0 Å². The highest BCUT2D eigenvalue weighted by atomic mass is 32.1. The van der Waals surface area contributed by atoms with E-state index < -0.39 is 0 Å². The van der Waals surface area contributed by atoms with Gasteiger partial charge in [0, 0.05) is 11.4 Å². The van der Waals surface area contributed by atoms with Gasteiger partial charge in [-0.3, -0.25) is 0 Å². The molecule has 1 aromatic heterocycles. The van der Waals surface area contributed by atoms with Crippen molar-refractivity contribution in [1.82, 2.24) is 9.97 Å². The van der Waals surface area contributed by atoms with Crippen LogP contribution >= 0.6 is 12.6 Å². The normalized spacial score (nSPS) is 13.4. The summed E-state index contributed by atoms with van der Waals surface area (Å²) in [5.41, 5.74) is 2.24. The lowest BCUT2D eigenvalue weighted by atomic mass is 10.0. The second-order valence-electron chi connectivity index (χ2n) is 3.19. The molecule has 1 unspecified atom stereocenters. The molecular formula is C9H14N2S. The molecule has 0 saturated carbocycles. The van der Waals surface area contributed by atoms with Crippen molar-refractivity contribution in [2.75, 3.05) is 0 Å². The molecule has 0 amide bonds. The lowest BCUT2D eigenvalue weighted by Crippen LogP contribution is -2.00. The van der Waals surface area contributed by atoms with Crippen LogP contribution in [0.5, 0.6) is 0 Å². The lowest BCUT2D eigenvalue weighted by Gasteiger charge is -2.12. The number of hydrogen-bond donors (Lipinski definition) is 1. The first-order valence-electron chi connectivity index (χ1n) is 4.10. The van der Waals surface area contributed by atoms with Crippen LogP contribution in [-0.2, 0) is 0 Å². The van der Waals surface area contributed by atoms with Crippen LogP contribution in [0.15, 0.2) is 12.5 Å². The fourth-order valence-corrected chi connectivity index (χ4v) is 1.36. The van der Waals surface area contributed by atoms with Crippen LogP contribution in [0.2, 0.25) is 0 Å². The summed E-state index contributed by atoms with van der Waals surface area (Å²) in [5.74, 6) is 0.468. The molecule has 0 N–H and O–H groups in total. The van der Waals surface area contributed by atoms with Gasteiger partial charge < -0.3 is 0 Å². The summed E-state index contributed by atoms with van der Waals surface area (Å²) in [6.45, 7) is 6.30. The minimum Gasteiger partial charge on any atom is -0.245 e. The van der Waals surface area contributed by atoms with Crippen molar-refractivity contribution in [3.8, 4) is 0 Å². The Hall–Kier alpha value is -0.570. The number of aromatic nitrogens is 2. The first-order valence-corrected chi connectivity index (χ1v) is 4.62. The van der Waals surface area contributed by atoms with Crippen molar-refractivity contribution in [2.45, 2.75) is 31.9 Å². The van der Waals surface area contributed by atoms with Gasteiger partial charge in [0.15, 0.2) is 0 Å². The zero-order valence-corrected chi connectivity index (χ0v) is 8.55. The predicted octanol–water partition coefficient (Wildman–Crippen LogP) is 2.59. The molecule has 0 radical (unpaired) electrons. The van der Waals surface area contributed by atoms with Crippen LogP contribution in [0.25, 0.3) is 0 Å². The van der Waals surface area contributed by atoms with Gasteiger partial charge in [0.2, 0.25) is 0 Å². The van der Waals surface area contributed by atoms with Crippen molar-refractivity contribution in [1.29, 1.82) is 0 Å². The average Bonchev–Trinajstić information content (AvgIpc) is 2.04. The standard InChI is InChI=1S/C9H14N2S/c1-6(2)8-4-10-5-11-9(8)7(3)12/h4-7,12H,1-3H3. The molecule has 0 aliphatic carbocycles. The minimum absolute atomic E-state index is 0.186. The molecule has 0 spiro atoms. The molecular weight excluding hydrogens is 168 g/mol. The van der Waals surface area contributed by atoms with Gasteiger partial charge in [-0.1, -0.05) is 13.8 Å². The number of hydrogen-bond acceptors (Lipinski definition) is 3. The molecule has 0 aliphatic heterocycles. The van der Waals surface area contributed by atoms with Crippen LogP contribution in [0.4, 0.5) is 0 Å². The highest BCUT2D eigenvalue weighted by Crippen LogP contribution is 2.24. The van der Waals surface area contributed by atoms with Crippen LogP contribution in [-0.4, -0.2) is 9.97 Å². The largest absolute Gasteiger partial charge is 0.245 e. The Bertz CT molecular complexity index is 231. The average molecular weight is 182 g/mol. The second kappa shape index (κ2) is 3.90. The molecule has 66 valence electrons. The van der Waals surface area contributed by atoms with Gasteiger partial charge in [-0.2, -0.15) is 12.6 Å². The van der Waals surface area contributed by atoms with E-state index in [4.69, 9.17) is 0 Å². The maximum Gasteiger partial charge on any atom is 0.115 e. The predicted molar refractivity (Wildman–Crippen MR) is 53.5 cm³/mol. The van der Waals surface area contributed by atoms with Gasteiger partial charge in [-0.05, 0) is 18.4 Å². The topological polar surface area (TPSA) is 25.8 Å². The van der Waals surface area contributed by atoms with Gasteiger partial charge in [-0.15, -0.1) is 0 Å². The Labute approximate surface area is 78.9 Å². The van der Waals surface area contributed by atoms with Gasteiger partial charge in [0.25, 0.3) is 0 Å². The van der Waals surface area contributed by atoms with E-state index in [1.165, 1.54) is 5.56 Å². The van der Waals surface area contributed by atoms with Crippen molar-refractivity contribution in [3.63, 3.8) is 0 Å². The lowest BCUT2D eigenvalue weighted by molar-refractivity contribution is 0.806. The van der Waals surface area contributed by atoms with E-state index in [1.807, 2.05) is 13.1 Å². The van der Waals surface area contributed by atoms with Crippen LogP contribution in [0.3, 0.4) is 0 Å². The molecule has 2 nitrogen and oxygen atoms in total. The Balaban J connectivity index is 3.09. The zero-order chi connectivity index (χ0) is 9.14. The first kappa shape index (κ1) is 9.52. The monoisotopic (exact) mass is 182 g/mol. The third-order valence-electron chi connectivity index (χ3n) is 1.79. The molecule has 1 rings (SSSR count). The summed E-state index contributed by atoms with van der Waals surface area (Å²) in [4.78, 5) is 8.22. The molecule has 1 heterocycles. The molecule has 1 atom stereocenters. The smallest absolute Gasteiger partial charge is 0.115 e. The van der Waals surface area contributed by atoms with E-state index in [1.54, 1.807) is 6.33 Å². The summed E-state index contributed by atoms with van der Waals surface area (Å²) in [7, 11) is 0. The fourth-order valence-electron chi connectivity index (χ4n) is 1.14. The summed E-state index contributed by atoms with van der Waals surface area (Å²) < 4.78 is 0. The summed E-state index contributed by atoms with van der Waals surface area (Å²) in [6, 6.07) is 0. The van der Waals surface area contributed by atoms with Crippen LogP contribution < -0.4 is 0 Å². The molecule has 1 aromatic rings. The Morgan fingerprint density at radius 2 is 2.00 bits per heavy atom. The fraction of sp³-hybridized carbons (Fsp3) is 0.556. The number of rotatable bonds is 2. The maximum atomic E-state index is 4.36. The van der Waals surface area contributed by atoms with E-state index >= 15 is 0 Å². The molecule has 0 saturated heterocycles. The third-order valence-corrected chi connectivity index (χ3v) is 2.04. The molecule has 12 heavy (non-hydrogen) atoms. The molecule has 0 aliphatic rings. The first-order chi connectivity index (χ1) is 5.63. The minimum atomic E-state index is 0.186. The molecule has 0 fully saturated rings. The van der Waals surface area contributed by atoms with Crippen molar-refractivity contribution < 1.29 is 0 Å². The van der Waals surface area contributed by atoms with Crippen molar-refractivity contribution in [2.24, 2.45) is 0 Å². The van der Waals surface area contributed by atoms with Gasteiger partial charge in [-0.25, -0.2) is 9.97 Å². The maximum absolute atomic E-state index is 4.36. The third kappa shape index (κ3) is 1.97. The highest BCUT2D eigenvalue weighted by molar-refractivity contribution is 7.80. The summed E-state index contributed by atoms with van der Waals surface area (Å²) in [5, 5.41) is 0.186. The molecule has 0 aromatic carbocycles. The van der Waals surface area contributed by atoms with Crippen molar-refractivity contribution in [3.05, 3.63) is 23.8 Å². The number of nitrogens with zero attached hydrogens (tertiary/aromatic N) is 2.